The number of hydrogen-bond donors (Lipinski definition) is 1. The molecule has 0 saturated carbocycles. The smallest absolute Gasteiger partial charge is 0.294 e. The molecule has 47 heavy (non-hydrogen) atoms. The highest BCUT2D eigenvalue weighted by Gasteiger charge is 2.40. The minimum Gasteiger partial charge on any atom is -0.482 e. The lowest BCUT2D eigenvalue weighted by atomic mass is 9.79. The topological polar surface area (TPSA) is 87.2 Å². The monoisotopic (exact) mass is 660 g/mol. The van der Waals surface area contributed by atoms with Gasteiger partial charge in [-0.05, 0) is 98.7 Å². The summed E-state index contributed by atoms with van der Waals surface area (Å²) in [5, 5.41) is 0. The van der Waals surface area contributed by atoms with Gasteiger partial charge in [-0.2, -0.15) is 8.42 Å². The second kappa shape index (κ2) is 14.7. The van der Waals surface area contributed by atoms with Gasteiger partial charge in [-0.25, -0.2) is 0 Å². The minimum absolute atomic E-state index is 0.0462. The van der Waals surface area contributed by atoms with Gasteiger partial charge in [-0.3, -0.25) is 4.55 Å². The number of ether oxygens (including phenoxy) is 1. The Morgan fingerprint density at radius 3 is 2.43 bits per heavy atom. The molecule has 1 aliphatic carbocycles. The van der Waals surface area contributed by atoms with Crippen molar-refractivity contribution in [2.45, 2.75) is 97.5 Å². The zero-order chi connectivity index (χ0) is 34.6. The van der Waals surface area contributed by atoms with Crippen molar-refractivity contribution in [2.24, 2.45) is 5.41 Å². The predicted octanol–water partition coefficient (Wildman–Crippen LogP) is 8.60. The van der Waals surface area contributed by atoms with Crippen molar-refractivity contribution in [3.05, 3.63) is 107 Å². The lowest BCUT2D eigenvalue weighted by Gasteiger charge is -2.35. The van der Waals surface area contributed by atoms with Crippen molar-refractivity contribution in [1.82, 2.24) is 4.90 Å². The number of hydrogen-bond acceptors (Lipinski definition) is 6. The number of anilines is 1. The van der Waals surface area contributed by atoms with Gasteiger partial charge in [-0.15, -0.1) is 0 Å². The molecular formula is C39H52N2O5S. The van der Waals surface area contributed by atoms with Crippen LogP contribution in [0.3, 0.4) is 0 Å². The first kappa shape index (κ1) is 36.2. The lowest BCUT2D eigenvalue weighted by Crippen LogP contribution is -2.29. The third-order valence-electron chi connectivity index (χ3n) is 9.17. The maximum atomic E-state index is 12.0. The summed E-state index contributed by atoms with van der Waals surface area (Å²) in [6, 6.07) is 4.82. The molecule has 0 amide bonds. The van der Waals surface area contributed by atoms with E-state index in [0.717, 1.165) is 61.6 Å². The van der Waals surface area contributed by atoms with Crippen LogP contribution in [0.4, 0.5) is 5.69 Å². The van der Waals surface area contributed by atoms with Crippen LogP contribution in [0.2, 0.25) is 0 Å². The van der Waals surface area contributed by atoms with Crippen LogP contribution >= 0.6 is 0 Å². The van der Waals surface area contributed by atoms with Gasteiger partial charge in [0.2, 0.25) is 0 Å². The van der Waals surface area contributed by atoms with Crippen molar-refractivity contribution in [1.29, 1.82) is 0 Å². The number of unbranched alkanes of at least 4 members (excludes halogenated alkanes) is 2. The van der Waals surface area contributed by atoms with Crippen LogP contribution in [0.5, 0.6) is 0 Å². The summed E-state index contributed by atoms with van der Waals surface area (Å²) in [5.41, 5.74) is 5.92. The molecule has 0 fully saturated rings. The Bertz CT molecular complexity index is 1680. The molecular weight excluding hydrogens is 609 g/mol. The summed E-state index contributed by atoms with van der Waals surface area (Å²) in [7, 11) is -4.33. The maximum Gasteiger partial charge on any atom is 0.294 e. The molecule has 2 heterocycles. The standard InChI is InChI=1S/C39H52N2O5S/c1-9-40(10-2)29-20-22-32-33(38(4,5)6)26-30(46-36(32)25-29)18-14-11-15-19-37-39(7,8)34-27-31(47(43,44)45)21-23-35(34)41(37)24-16-12-13-17-28(3)42/h11,14-15,18-23,25-27,36H,9-10,12-13,16-17,24H2,1-8H3,(H,43,44,45). The van der Waals surface area contributed by atoms with Gasteiger partial charge in [0.25, 0.3) is 10.1 Å². The third-order valence-corrected chi connectivity index (χ3v) is 10.0. The van der Waals surface area contributed by atoms with Gasteiger partial charge in [0.15, 0.2) is 0 Å². The molecule has 254 valence electrons. The average molecular weight is 661 g/mol. The Morgan fingerprint density at radius 1 is 1.06 bits per heavy atom. The van der Waals surface area contributed by atoms with E-state index in [2.05, 4.69) is 88.6 Å². The van der Waals surface area contributed by atoms with Crippen LogP contribution in [0.15, 0.2) is 106 Å². The fraction of sp³-hybridized carbons (Fsp3) is 0.462. The molecule has 0 aromatic heterocycles. The zero-order valence-corrected chi connectivity index (χ0v) is 30.2. The van der Waals surface area contributed by atoms with E-state index in [1.807, 2.05) is 24.3 Å². The van der Waals surface area contributed by atoms with Gasteiger partial charge < -0.3 is 19.3 Å². The van der Waals surface area contributed by atoms with Crippen LogP contribution in [-0.4, -0.2) is 49.4 Å². The highest BCUT2D eigenvalue weighted by Crippen LogP contribution is 2.48. The highest BCUT2D eigenvalue weighted by atomic mass is 32.2. The molecule has 1 aromatic carbocycles. The lowest BCUT2D eigenvalue weighted by molar-refractivity contribution is -0.117. The summed E-state index contributed by atoms with van der Waals surface area (Å²) in [6.07, 6.45) is 21.9. The number of likely N-dealkylation sites (N-methyl/N-ethyl adjacent to an activating group) is 1. The average Bonchev–Trinajstić information content (AvgIpc) is 3.20. The van der Waals surface area contributed by atoms with Crippen molar-refractivity contribution in [2.75, 3.05) is 24.5 Å². The van der Waals surface area contributed by atoms with Crippen LogP contribution in [0.25, 0.3) is 0 Å². The van der Waals surface area contributed by atoms with Crippen molar-refractivity contribution in [3.8, 4) is 0 Å². The number of rotatable bonds is 13. The number of allylic oxidation sites excluding steroid dienone is 9. The first-order valence-corrected chi connectivity index (χ1v) is 18.2. The molecule has 0 bridgehead atoms. The number of carbonyl (C=O) groups excluding carboxylic acids is 1. The quantitative estimate of drug-likeness (QED) is 0.129. The molecule has 3 aliphatic rings. The molecule has 2 aliphatic heterocycles. The molecule has 0 radical (unpaired) electrons. The fourth-order valence-corrected chi connectivity index (χ4v) is 7.10. The molecule has 0 spiro atoms. The SMILES string of the molecule is CCN(CC)C1=CC2OC(C=CC=CC=C3N(CCCCCC(C)=O)c4ccc(S(=O)(=O)O)cc4C3(C)C)=CC(C(C)(C)C)=C2C=C1. The number of ketones is 1. The van der Waals surface area contributed by atoms with Crippen LogP contribution in [0, 0.1) is 5.41 Å². The van der Waals surface area contributed by atoms with Gasteiger partial charge in [-0.1, -0.05) is 65.3 Å². The largest absolute Gasteiger partial charge is 0.482 e. The first-order valence-electron chi connectivity index (χ1n) is 16.8. The summed E-state index contributed by atoms with van der Waals surface area (Å²) >= 11 is 0. The Hall–Kier alpha value is -3.62. The summed E-state index contributed by atoms with van der Waals surface area (Å²) in [5.74, 6) is 1.01. The van der Waals surface area contributed by atoms with E-state index >= 15 is 0 Å². The molecule has 1 aromatic rings. The van der Waals surface area contributed by atoms with Crippen molar-refractivity contribution in [3.63, 3.8) is 0 Å². The van der Waals surface area contributed by atoms with E-state index in [1.165, 1.54) is 22.9 Å². The van der Waals surface area contributed by atoms with Gasteiger partial charge in [0.1, 0.15) is 17.6 Å². The molecule has 8 heteroatoms. The summed E-state index contributed by atoms with van der Waals surface area (Å²) < 4.78 is 40.1. The fourth-order valence-electron chi connectivity index (χ4n) is 6.59. The van der Waals surface area contributed by atoms with E-state index in [9.17, 15) is 17.8 Å². The third kappa shape index (κ3) is 8.46. The summed E-state index contributed by atoms with van der Waals surface area (Å²) in [6.45, 7) is 19.4. The van der Waals surface area contributed by atoms with Crippen LogP contribution in [0.1, 0.15) is 86.6 Å². The normalized spacial score (nSPS) is 20.1. The van der Waals surface area contributed by atoms with E-state index in [4.69, 9.17) is 4.74 Å². The molecule has 7 nitrogen and oxygen atoms in total. The predicted molar refractivity (Wildman–Crippen MR) is 192 cm³/mol. The second-order valence-electron chi connectivity index (χ2n) is 14.0. The number of fused-ring (bicyclic) bond motifs is 2. The molecule has 1 atom stereocenters. The Labute approximate surface area is 282 Å². The van der Waals surface area contributed by atoms with Gasteiger partial charge >= 0.3 is 0 Å². The number of benzene rings is 1. The first-order chi connectivity index (χ1) is 22.1. The molecule has 1 N–H and O–H groups in total. The number of carbonyl (C=O) groups is 1. The van der Waals surface area contributed by atoms with E-state index in [1.54, 1.807) is 19.1 Å². The van der Waals surface area contributed by atoms with Gasteiger partial charge in [0.05, 0.1) is 4.90 Å². The van der Waals surface area contributed by atoms with Crippen molar-refractivity contribution < 1.29 is 22.5 Å². The highest BCUT2D eigenvalue weighted by molar-refractivity contribution is 7.85. The zero-order valence-electron chi connectivity index (χ0n) is 29.3. The number of Topliss-reactive ketones (excluding diaryl/α,β-unsaturated/α-hetero) is 1. The summed E-state index contributed by atoms with van der Waals surface area (Å²) in [4.78, 5) is 15.9. The van der Waals surface area contributed by atoms with Crippen LogP contribution < -0.4 is 4.90 Å². The van der Waals surface area contributed by atoms with E-state index < -0.39 is 15.5 Å². The molecule has 0 saturated heterocycles. The van der Waals surface area contributed by atoms with Crippen LogP contribution in [-0.2, 0) is 25.1 Å². The Morgan fingerprint density at radius 2 is 1.79 bits per heavy atom. The molecule has 4 rings (SSSR count). The Balaban J connectivity index is 1.59. The molecule has 1 unspecified atom stereocenters. The minimum atomic E-state index is -4.33. The van der Waals surface area contributed by atoms with E-state index in [-0.39, 0.29) is 22.2 Å². The maximum absolute atomic E-state index is 12.0. The van der Waals surface area contributed by atoms with Crippen molar-refractivity contribution >= 4 is 21.6 Å². The Kier molecular flexibility index (Phi) is 11.3. The number of nitrogens with zero attached hydrogens (tertiary/aromatic N) is 2. The van der Waals surface area contributed by atoms with Gasteiger partial charge in [0, 0.05) is 54.1 Å². The van der Waals surface area contributed by atoms with E-state index in [0.29, 0.717) is 6.42 Å². The second-order valence-corrected chi connectivity index (χ2v) is 15.5.